The molecule has 7 nitrogen and oxygen atoms in total. The van der Waals surface area contributed by atoms with E-state index in [1.165, 1.54) is 10.5 Å². The first-order valence-corrected chi connectivity index (χ1v) is 11.4. The molecule has 3 aromatic rings. The number of nitrogens with one attached hydrogen (secondary N) is 2. The minimum Gasteiger partial charge on any atom is -0.504 e. The number of ether oxygens (including phenoxy) is 1. The molecule has 3 amide bonds. The molecule has 0 aromatic heterocycles. The molecule has 0 saturated carbocycles. The number of phenolic OH excluding ortho intramolecular Hbond substituents is 1. The van der Waals surface area contributed by atoms with E-state index in [1.807, 2.05) is 19.9 Å². The smallest absolute Gasteiger partial charge is 0.325 e. The van der Waals surface area contributed by atoms with Gasteiger partial charge in [-0.2, -0.15) is 0 Å². The van der Waals surface area contributed by atoms with E-state index in [0.717, 1.165) is 17.5 Å². The Kier molecular flexibility index (Phi) is 5.40. The number of carbonyl (C=O) groups excluding carboxylic acids is 2. The molecular weight excluding hydrogens is 430 g/mol. The van der Waals surface area contributed by atoms with Crippen molar-refractivity contribution in [3.05, 3.63) is 89.0 Å². The van der Waals surface area contributed by atoms with Crippen LogP contribution in [0.15, 0.2) is 66.7 Å². The van der Waals surface area contributed by atoms with Crippen LogP contribution in [0.2, 0.25) is 0 Å². The number of benzene rings is 3. The molecule has 0 radical (unpaired) electrons. The van der Waals surface area contributed by atoms with Gasteiger partial charge in [-0.25, -0.2) is 4.79 Å². The van der Waals surface area contributed by atoms with Crippen molar-refractivity contribution < 1.29 is 19.4 Å². The normalized spacial score (nSPS) is 20.7. The number of aromatic hydroxyl groups is 1. The second-order valence-corrected chi connectivity index (χ2v) is 9.06. The first kappa shape index (κ1) is 21.8. The third-order valence-corrected chi connectivity index (χ3v) is 6.47. The first-order chi connectivity index (χ1) is 16.3. The molecule has 3 N–H and O–H groups in total. The quantitative estimate of drug-likeness (QED) is 0.528. The van der Waals surface area contributed by atoms with Gasteiger partial charge in [0.25, 0.3) is 5.91 Å². The fourth-order valence-electron chi connectivity index (χ4n) is 4.73. The Hall–Kier alpha value is -4.00. The van der Waals surface area contributed by atoms with Gasteiger partial charge in [0.15, 0.2) is 17.2 Å². The molecule has 0 aliphatic carbocycles. The van der Waals surface area contributed by atoms with Gasteiger partial charge in [-0.1, -0.05) is 48.0 Å². The standard InChI is InChI=1S/C27H27N3O4/c1-17-9-11-18(12-10-17)13-14-28-25(32)19-5-3-6-20(15-19)30-26(33)29-22-16-27(30,2)34-24-21(22)7-4-8-23(24)31/h3-12,15,22,31H,13-14,16H2,1-2H3,(H,28,32)(H,29,33). The van der Waals surface area contributed by atoms with Crippen LogP contribution in [-0.4, -0.2) is 29.3 Å². The maximum Gasteiger partial charge on any atom is 0.325 e. The van der Waals surface area contributed by atoms with Crippen LogP contribution in [-0.2, 0) is 6.42 Å². The number of hydrogen-bond donors (Lipinski definition) is 3. The molecule has 7 heteroatoms. The molecule has 2 bridgehead atoms. The zero-order valence-electron chi connectivity index (χ0n) is 19.2. The largest absolute Gasteiger partial charge is 0.504 e. The number of aryl methyl sites for hydroxylation is 1. The van der Waals surface area contributed by atoms with Crippen LogP contribution in [0.1, 0.15) is 46.4 Å². The summed E-state index contributed by atoms with van der Waals surface area (Å²) >= 11 is 0. The van der Waals surface area contributed by atoms with Crippen LogP contribution < -0.4 is 20.3 Å². The highest BCUT2D eigenvalue weighted by atomic mass is 16.5. The zero-order valence-corrected chi connectivity index (χ0v) is 19.2. The summed E-state index contributed by atoms with van der Waals surface area (Å²) in [5.74, 6) is 0.199. The number of carbonyl (C=O) groups is 2. The average molecular weight is 458 g/mol. The van der Waals surface area contributed by atoms with Gasteiger partial charge in [0.2, 0.25) is 0 Å². The minimum absolute atomic E-state index is 0.0335. The highest BCUT2D eigenvalue weighted by Gasteiger charge is 2.50. The van der Waals surface area contributed by atoms with Crippen molar-refractivity contribution in [2.75, 3.05) is 11.4 Å². The molecule has 2 heterocycles. The Bertz CT molecular complexity index is 1260. The van der Waals surface area contributed by atoms with Crippen LogP contribution in [0.3, 0.4) is 0 Å². The van der Waals surface area contributed by atoms with E-state index >= 15 is 0 Å². The molecule has 2 aliphatic heterocycles. The molecule has 2 unspecified atom stereocenters. The van der Waals surface area contributed by atoms with E-state index in [4.69, 9.17) is 4.74 Å². The monoisotopic (exact) mass is 457 g/mol. The number of amides is 3. The Morgan fingerprint density at radius 1 is 1.18 bits per heavy atom. The molecule has 1 fully saturated rings. The summed E-state index contributed by atoms with van der Waals surface area (Å²) in [5, 5.41) is 16.3. The number of anilines is 1. The van der Waals surface area contributed by atoms with Gasteiger partial charge in [0.05, 0.1) is 11.7 Å². The summed E-state index contributed by atoms with van der Waals surface area (Å²) in [4.78, 5) is 27.4. The maximum absolute atomic E-state index is 13.1. The number of urea groups is 1. The fourth-order valence-corrected chi connectivity index (χ4v) is 4.73. The highest BCUT2D eigenvalue weighted by molar-refractivity contribution is 5.99. The molecule has 34 heavy (non-hydrogen) atoms. The minimum atomic E-state index is -1.01. The molecule has 0 spiro atoms. The maximum atomic E-state index is 13.1. The molecule has 2 atom stereocenters. The predicted molar refractivity (Wildman–Crippen MR) is 129 cm³/mol. The van der Waals surface area contributed by atoms with E-state index in [2.05, 4.69) is 34.9 Å². The third-order valence-electron chi connectivity index (χ3n) is 6.47. The van der Waals surface area contributed by atoms with Crippen molar-refractivity contribution in [1.82, 2.24) is 10.6 Å². The van der Waals surface area contributed by atoms with E-state index in [-0.39, 0.29) is 23.7 Å². The number of fused-ring (bicyclic) bond motifs is 4. The highest BCUT2D eigenvalue weighted by Crippen LogP contribution is 2.48. The van der Waals surface area contributed by atoms with Crippen molar-refractivity contribution in [1.29, 1.82) is 0 Å². The third kappa shape index (κ3) is 3.94. The van der Waals surface area contributed by atoms with Crippen LogP contribution in [0, 0.1) is 6.92 Å². The van der Waals surface area contributed by atoms with Crippen LogP contribution in [0.4, 0.5) is 10.5 Å². The van der Waals surface area contributed by atoms with Gasteiger partial charge in [-0.3, -0.25) is 9.69 Å². The number of hydrogen-bond acceptors (Lipinski definition) is 4. The van der Waals surface area contributed by atoms with Crippen molar-refractivity contribution in [2.45, 2.75) is 38.5 Å². The lowest BCUT2D eigenvalue weighted by Crippen LogP contribution is -2.65. The number of para-hydroxylation sites is 1. The van der Waals surface area contributed by atoms with Crippen molar-refractivity contribution >= 4 is 17.6 Å². The lowest BCUT2D eigenvalue weighted by Gasteiger charge is -2.50. The van der Waals surface area contributed by atoms with E-state index in [9.17, 15) is 14.7 Å². The molecule has 2 aliphatic rings. The molecule has 3 aromatic carbocycles. The topological polar surface area (TPSA) is 90.9 Å². The molecule has 174 valence electrons. The zero-order chi connectivity index (χ0) is 23.9. The van der Waals surface area contributed by atoms with Crippen molar-refractivity contribution in [2.24, 2.45) is 0 Å². The second-order valence-electron chi connectivity index (χ2n) is 9.06. The van der Waals surface area contributed by atoms with Crippen LogP contribution in [0.25, 0.3) is 0 Å². The molecule has 1 saturated heterocycles. The summed E-state index contributed by atoms with van der Waals surface area (Å²) in [5.41, 5.74) is 3.10. The molecular formula is C27H27N3O4. The number of rotatable bonds is 5. The molecule has 5 rings (SSSR count). The van der Waals surface area contributed by atoms with Crippen LogP contribution >= 0.6 is 0 Å². The lowest BCUT2D eigenvalue weighted by molar-refractivity contribution is 0.0349. The summed E-state index contributed by atoms with van der Waals surface area (Å²) < 4.78 is 6.20. The Balaban J connectivity index is 1.34. The van der Waals surface area contributed by atoms with Crippen molar-refractivity contribution in [3.63, 3.8) is 0 Å². The fraction of sp³-hybridized carbons (Fsp3) is 0.259. The van der Waals surface area contributed by atoms with Gasteiger partial charge >= 0.3 is 6.03 Å². The summed E-state index contributed by atoms with van der Waals surface area (Å²) in [6.07, 6.45) is 1.23. The first-order valence-electron chi connectivity index (χ1n) is 11.4. The summed E-state index contributed by atoms with van der Waals surface area (Å²) in [6, 6.07) is 19.7. The predicted octanol–water partition coefficient (Wildman–Crippen LogP) is 4.44. The summed E-state index contributed by atoms with van der Waals surface area (Å²) in [7, 11) is 0. The van der Waals surface area contributed by atoms with E-state index in [1.54, 1.807) is 36.4 Å². The Labute approximate surface area is 198 Å². The number of nitrogens with zero attached hydrogens (tertiary/aromatic N) is 1. The van der Waals surface area contributed by atoms with E-state index in [0.29, 0.717) is 30.0 Å². The average Bonchev–Trinajstić information content (AvgIpc) is 2.81. The second kappa shape index (κ2) is 8.41. The number of phenols is 1. The van der Waals surface area contributed by atoms with Crippen LogP contribution in [0.5, 0.6) is 11.5 Å². The SMILES string of the molecule is Cc1ccc(CCNC(=O)c2cccc(N3C(=O)NC4CC3(C)Oc3c(O)cccc34)c2)cc1. The lowest BCUT2D eigenvalue weighted by atomic mass is 9.90. The van der Waals surface area contributed by atoms with Gasteiger partial charge in [0, 0.05) is 24.1 Å². The van der Waals surface area contributed by atoms with E-state index < -0.39 is 5.72 Å². The van der Waals surface area contributed by atoms with Gasteiger partial charge < -0.3 is 20.5 Å². The van der Waals surface area contributed by atoms with Gasteiger partial charge in [-0.15, -0.1) is 0 Å². The Morgan fingerprint density at radius 3 is 2.74 bits per heavy atom. The van der Waals surface area contributed by atoms with Gasteiger partial charge in [0.1, 0.15) is 0 Å². The van der Waals surface area contributed by atoms with Gasteiger partial charge in [-0.05, 0) is 50.1 Å². The van der Waals surface area contributed by atoms with Crippen molar-refractivity contribution in [3.8, 4) is 11.5 Å². The summed E-state index contributed by atoms with van der Waals surface area (Å²) in [6.45, 7) is 4.37. The Morgan fingerprint density at radius 2 is 1.94 bits per heavy atom.